The first kappa shape index (κ1) is 21.0. The number of hydrogen-bond acceptors (Lipinski definition) is 3. The Hall–Kier alpha value is -1.85. The number of nitrogens with one attached hydrogen (secondary N) is 3. The fourth-order valence-corrected chi connectivity index (χ4v) is 8.89. The number of allylic oxidation sites excluding steroid dienone is 3. The molecule has 31 heavy (non-hydrogen) atoms. The lowest BCUT2D eigenvalue weighted by molar-refractivity contribution is -0.868. The van der Waals surface area contributed by atoms with Crippen molar-refractivity contribution in [2.75, 3.05) is 17.9 Å². The zero-order valence-corrected chi connectivity index (χ0v) is 20.1. The number of piperidine rings is 1. The topological polar surface area (TPSA) is 44.9 Å². The van der Waals surface area contributed by atoms with Gasteiger partial charge in [0.05, 0.1) is 37.3 Å². The molecular weight excluding hydrogens is 423 g/mol. The highest BCUT2D eigenvalue weighted by atomic mass is 32.4. The third kappa shape index (κ3) is 4.03. The van der Waals surface area contributed by atoms with Crippen molar-refractivity contribution in [1.29, 1.82) is 0 Å². The Balaban J connectivity index is 1.62. The van der Waals surface area contributed by atoms with E-state index in [1.54, 1.807) is 11.2 Å². The van der Waals surface area contributed by atoms with E-state index in [-0.39, 0.29) is 5.41 Å². The standard InChI is InChI=1S/C24H31N4OPS/c1-24(2)16-21-23(22(17-24)27-13-7-4-8-14-27)30(31,25-18-20-12-9-15-29-20)28(26-21)19-10-5-3-6-11-19/h3,5-6,9-12,15-16,26H,4,7-8,13-14,17-18H2,1-2H3,(H,25,31)/p+1/t30-/m1/s1. The SMILES string of the molecule is CC1(C)C=C2NN(c3ccccc3)[P@](=S)(NCc3ccco3)C2=C([NH+]2CCCCC2)C1. The van der Waals surface area contributed by atoms with E-state index in [1.807, 2.05) is 12.1 Å². The molecule has 2 aromatic rings. The Bertz CT molecular complexity index is 1040. The van der Waals surface area contributed by atoms with Crippen molar-refractivity contribution in [1.82, 2.24) is 10.5 Å². The lowest BCUT2D eigenvalue weighted by atomic mass is 9.82. The third-order valence-electron chi connectivity index (χ3n) is 6.45. The summed E-state index contributed by atoms with van der Waals surface area (Å²) in [6.07, 6.45) is 6.80. The molecule has 1 atom stereocenters. The van der Waals surface area contributed by atoms with Crippen molar-refractivity contribution in [3.05, 3.63) is 77.3 Å². The minimum absolute atomic E-state index is 0.111. The highest BCUT2D eigenvalue weighted by Crippen LogP contribution is 2.64. The first-order valence-electron chi connectivity index (χ1n) is 11.3. The highest BCUT2D eigenvalue weighted by molar-refractivity contribution is 8.16. The molecule has 5 nitrogen and oxygen atoms in total. The molecule has 5 rings (SSSR count). The third-order valence-corrected chi connectivity index (χ3v) is 10.5. The number of likely N-dealkylation sites (tertiary alicyclic amines) is 1. The molecule has 0 bridgehead atoms. The molecule has 3 heterocycles. The molecule has 164 valence electrons. The summed E-state index contributed by atoms with van der Waals surface area (Å²) in [4.78, 5) is 1.63. The maximum atomic E-state index is 6.57. The quantitative estimate of drug-likeness (QED) is 0.587. The molecule has 1 aromatic heterocycles. The molecule has 2 aliphatic heterocycles. The zero-order chi connectivity index (χ0) is 21.5. The number of hydrazine groups is 1. The maximum Gasteiger partial charge on any atom is 0.153 e. The van der Waals surface area contributed by atoms with Crippen LogP contribution in [0.15, 0.2) is 75.9 Å². The van der Waals surface area contributed by atoms with Gasteiger partial charge in [-0.2, -0.15) is 0 Å². The van der Waals surface area contributed by atoms with E-state index in [0.29, 0.717) is 6.54 Å². The van der Waals surface area contributed by atoms with E-state index >= 15 is 0 Å². The molecule has 1 aliphatic carbocycles. The van der Waals surface area contributed by atoms with E-state index in [9.17, 15) is 0 Å². The molecule has 3 N–H and O–H groups in total. The fourth-order valence-electron chi connectivity index (χ4n) is 5.05. The second-order valence-corrected chi connectivity index (χ2v) is 13.4. The van der Waals surface area contributed by atoms with Crippen molar-refractivity contribution in [2.24, 2.45) is 5.41 Å². The second-order valence-electron chi connectivity index (χ2n) is 9.46. The van der Waals surface area contributed by atoms with Gasteiger partial charge in [0.25, 0.3) is 0 Å². The lowest BCUT2D eigenvalue weighted by Crippen LogP contribution is -3.11. The van der Waals surface area contributed by atoms with E-state index in [0.717, 1.165) is 17.9 Å². The number of fused-ring (bicyclic) bond motifs is 1. The number of furan rings is 1. The average Bonchev–Trinajstić information content (AvgIpc) is 3.39. The Morgan fingerprint density at radius 3 is 2.61 bits per heavy atom. The van der Waals surface area contributed by atoms with Crippen LogP contribution >= 0.6 is 6.34 Å². The van der Waals surface area contributed by atoms with Gasteiger partial charge in [-0.25, -0.2) is 4.78 Å². The van der Waals surface area contributed by atoms with Gasteiger partial charge in [0, 0.05) is 6.42 Å². The second kappa shape index (κ2) is 8.25. The monoisotopic (exact) mass is 455 g/mol. The van der Waals surface area contributed by atoms with Gasteiger partial charge < -0.3 is 9.32 Å². The minimum atomic E-state index is -2.32. The van der Waals surface area contributed by atoms with Gasteiger partial charge in [-0.1, -0.05) is 49.9 Å². The summed E-state index contributed by atoms with van der Waals surface area (Å²) in [6.45, 7) is 7.72. The average molecular weight is 456 g/mol. The van der Waals surface area contributed by atoms with E-state index in [2.05, 4.69) is 65.5 Å². The van der Waals surface area contributed by atoms with Crippen molar-refractivity contribution in [3.63, 3.8) is 0 Å². The predicted octanol–water partition coefficient (Wildman–Crippen LogP) is 4.30. The number of para-hydroxylation sites is 1. The number of benzene rings is 1. The molecule has 0 radical (unpaired) electrons. The van der Waals surface area contributed by atoms with Crippen LogP contribution < -0.4 is 20.2 Å². The predicted molar refractivity (Wildman–Crippen MR) is 130 cm³/mol. The summed E-state index contributed by atoms with van der Waals surface area (Å²) in [5, 5.41) is 5.13. The number of nitrogens with zero attached hydrogens (tertiary/aromatic N) is 1. The summed E-state index contributed by atoms with van der Waals surface area (Å²) in [6, 6.07) is 14.4. The van der Waals surface area contributed by atoms with E-state index in [4.69, 9.17) is 16.2 Å². The van der Waals surface area contributed by atoms with Gasteiger partial charge >= 0.3 is 0 Å². The number of quaternary nitrogens is 1. The summed E-state index contributed by atoms with van der Waals surface area (Å²) in [5.41, 5.74) is 7.66. The molecule has 2 saturated heterocycles. The summed E-state index contributed by atoms with van der Waals surface area (Å²) >= 11 is 6.57. The van der Waals surface area contributed by atoms with Gasteiger partial charge in [0.2, 0.25) is 0 Å². The highest BCUT2D eigenvalue weighted by Gasteiger charge is 2.48. The van der Waals surface area contributed by atoms with Crippen molar-refractivity contribution >= 4 is 23.8 Å². The van der Waals surface area contributed by atoms with Gasteiger partial charge in [-0.15, -0.1) is 0 Å². The molecule has 7 heteroatoms. The Morgan fingerprint density at radius 1 is 1.13 bits per heavy atom. The van der Waals surface area contributed by atoms with Gasteiger partial charge in [0.1, 0.15) is 16.8 Å². The smallest absolute Gasteiger partial charge is 0.153 e. The van der Waals surface area contributed by atoms with Crippen molar-refractivity contribution in [2.45, 2.75) is 46.1 Å². The summed E-state index contributed by atoms with van der Waals surface area (Å²) in [5.74, 6) is 0.915. The van der Waals surface area contributed by atoms with Crippen LogP contribution in [-0.2, 0) is 18.4 Å². The fraction of sp³-hybridized carbons (Fsp3) is 0.417. The van der Waals surface area contributed by atoms with Crippen LogP contribution in [0.4, 0.5) is 5.69 Å². The van der Waals surface area contributed by atoms with Gasteiger partial charge in [-0.3, -0.25) is 10.5 Å². The molecule has 2 fully saturated rings. The molecule has 3 aliphatic rings. The van der Waals surface area contributed by atoms with Crippen molar-refractivity contribution in [3.8, 4) is 0 Å². The first-order chi connectivity index (χ1) is 15.0. The van der Waals surface area contributed by atoms with Crippen LogP contribution in [0.1, 0.15) is 45.3 Å². The van der Waals surface area contributed by atoms with Crippen LogP contribution in [0.3, 0.4) is 0 Å². The van der Waals surface area contributed by atoms with Crippen LogP contribution in [0.2, 0.25) is 0 Å². The first-order valence-corrected chi connectivity index (χ1v) is 14.0. The lowest BCUT2D eigenvalue weighted by Gasteiger charge is -2.35. The number of anilines is 1. The molecule has 1 aromatic carbocycles. The number of rotatable bonds is 5. The molecule has 0 spiro atoms. The van der Waals surface area contributed by atoms with Crippen LogP contribution in [0, 0.1) is 5.41 Å². The molecule has 0 saturated carbocycles. The molecular formula is C24H32N4OPS+. The summed E-state index contributed by atoms with van der Waals surface area (Å²) in [7, 11) is 0. The normalized spacial score (nSPS) is 25.9. The van der Waals surface area contributed by atoms with Crippen LogP contribution in [-0.4, -0.2) is 13.1 Å². The molecule has 0 unspecified atom stereocenters. The minimum Gasteiger partial charge on any atom is -0.468 e. The van der Waals surface area contributed by atoms with E-state index < -0.39 is 6.34 Å². The van der Waals surface area contributed by atoms with E-state index in [1.165, 1.54) is 49.1 Å². The largest absolute Gasteiger partial charge is 0.468 e. The van der Waals surface area contributed by atoms with Crippen LogP contribution in [0.25, 0.3) is 0 Å². The van der Waals surface area contributed by atoms with Crippen LogP contribution in [0.5, 0.6) is 0 Å². The number of hydrogen-bond donors (Lipinski definition) is 3. The zero-order valence-electron chi connectivity index (χ0n) is 18.4. The summed E-state index contributed by atoms with van der Waals surface area (Å²) < 4.78 is 7.86. The van der Waals surface area contributed by atoms with Gasteiger partial charge in [0.15, 0.2) is 6.34 Å². The molecule has 0 amide bonds. The van der Waals surface area contributed by atoms with Crippen molar-refractivity contribution < 1.29 is 9.32 Å². The maximum absolute atomic E-state index is 6.57. The Morgan fingerprint density at radius 2 is 1.90 bits per heavy atom. The van der Waals surface area contributed by atoms with Gasteiger partial charge in [-0.05, 0) is 48.9 Å². The Labute approximate surface area is 190 Å². The Kier molecular flexibility index (Phi) is 5.59.